The van der Waals surface area contributed by atoms with Crippen LogP contribution in [0.15, 0.2) is 18.2 Å². The molecule has 7 heteroatoms. The normalized spacial score (nSPS) is 15.7. The molecule has 2 nitrogen and oxygen atoms in total. The summed E-state index contributed by atoms with van der Waals surface area (Å²) in [5.41, 5.74) is 4.47. The highest BCUT2D eigenvalue weighted by molar-refractivity contribution is 6.31. The fourth-order valence-corrected chi connectivity index (χ4v) is 1.61. The molecule has 0 unspecified atom stereocenters. The summed E-state index contributed by atoms with van der Waals surface area (Å²) in [6, 6.07) is 1.34. The van der Waals surface area contributed by atoms with E-state index < -0.39 is 30.6 Å². The van der Waals surface area contributed by atoms with Crippen molar-refractivity contribution in [3.05, 3.63) is 34.6 Å². The van der Waals surface area contributed by atoms with Gasteiger partial charge in [-0.2, -0.15) is 13.2 Å². The topological polar surface area (TPSA) is 46.2 Å². The van der Waals surface area contributed by atoms with Gasteiger partial charge in [0.25, 0.3) is 0 Å². The van der Waals surface area contributed by atoms with Gasteiger partial charge in [-0.05, 0) is 12.1 Å². The van der Waals surface area contributed by atoms with Gasteiger partial charge in [-0.1, -0.05) is 17.7 Å². The van der Waals surface area contributed by atoms with Crippen molar-refractivity contribution in [3.63, 3.8) is 0 Å². The van der Waals surface area contributed by atoms with Crippen LogP contribution in [0.2, 0.25) is 5.02 Å². The summed E-state index contributed by atoms with van der Waals surface area (Å²) in [6.07, 6.45) is -7.18. The fourth-order valence-electron chi connectivity index (χ4n) is 1.32. The van der Waals surface area contributed by atoms with Crippen molar-refractivity contribution >= 4 is 11.6 Å². The minimum Gasteiger partial charge on any atom is -0.388 e. The van der Waals surface area contributed by atoms with Crippen molar-refractivity contribution in [2.24, 2.45) is 5.73 Å². The molecule has 1 rings (SSSR count). The summed E-state index contributed by atoms with van der Waals surface area (Å²) in [5.74, 6) is -0.862. The molecule has 1 aromatic carbocycles. The standard InChI is InChI=1S/C10H10ClF4NO/c11-5-2-1-3-6(12)9(5)7(17)4-8(16)10(13,14)15/h1-3,7-8,17H,4,16H2/t7-,8-/m1/s1. The Morgan fingerprint density at radius 1 is 1.35 bits per heavy atom. The molecule has 1 aromatic rings. The Kier molecular flexibility index (Phi) is 4.35. The van der Waals surface area contributed by atoms with Crippen molar-refractivity contribution in [1.82, 2.24) is 0 Å². The Morgan fingerprint density at radius 2 is 1.94 bits per heavy atom. The lowest BCUT2D eigenvalue weighted by atomic mass is 10.0. The van der Waals surface area contributed by atoms with E-state index in [1.807, 2.05) is 0 Å². The van der Waals surface area contributed by atoms with Crippen molar-refractivity contribution < 1.29 is 22.7 Å². The van der Waals surface area contributed by atoms with Crippen LogP contribution in [0.25, 0.3) is 0 Å². The minimum absolute atomic E-state index is 0.133. The molecule has 0 bridgehead atoms. The first-order valence-electron chi connectivity index (χ1n) is 4.67. The molecule has 0 heterocycles. The molecule has 17 heavy (non-hydrogen) atoms. The van der Waals surface area contributed by atoms with Crippen LogP contribution in [0.1, 0.15) is 18.1 Å². The van der Waals surface area contributed by atoms with Crippen LogP contribution in [0.4, 0.5) is 17.6 Å². The predicted molar refractivity (Wildman–Crippen MR) is 55.0 cm³/mol. The number of alkyl halides is 3. The number of nitrogens with two attached hydrogens (primary N) is 1. The van der Waals surface area contributed by atoms with Gasteiger partial charge in [-0.25, -0.2) is 4.39 Å². The van der Waals surface area contributed by atoms with Crippen LogP contribution in [0.3, 0.4) is 0 Å². The molecule has 0 saturated carbocycles. The largest absolute Gasteiger partial charge is 0.403 e. The molecule has 0 aliphatic carbocycles. The van der Waals surface area contributed by atoms with E-state index in [1.165, 1.54) is 12.1 Å². The second kappa shape index (κ2) is 5.20. The quantitative estimate of drug-likeness (QED) is 0.831. The Hall–Kier alpha value is -0.850. The van der Waals surface area contributed by atoms with Gasteiger partial charge in [0.1, 0.15) is 11.9 Å². The lowest BCUT2D eigenvalue weighted by Gasteiger charge is -2.20. The third-order valence-electron chi connectivity index (χ3n) is 2.23. The minimum atomic E-state index is -4.64. The van der Waals surface area contributed by atoms with E-state index in [-0.39, 0.29) is 10.6 Å². The van der Waals surface area contributed by atoms with Gasteiger partial charge in [0.2, 0.25) is 0 Å². The molecule has 0 radical (unpaired) electrons. The molecule has 0 saturated heterocycles. The van der Waals surface area contributed by atoms with E-state index in [9.17, 15) is 22.7 Å². The molecule has 96 valence electrons. The summed E-state index contributed by atoms with van der Waals surface area (Å²) in [4.78, 5) is 0. The van der Waals surface area contributed by atoms with Crippen LogP contribution in [0.5, 0.6) is 0 Å². The third-order valence-corrected chi connectivity index (χ3v) is 2.56. The highest BCUT2D eigenvalue weighted by Crippen LogP contribution is 2.31. The van der Waals surface area contributed by atoms with E-state index in [2.05, 4.69) is 0 Å². The van der Waals surface area contributed by atoms with Crippen molar-refractivity contribution in [1.29, 1.82) is 0 Å². The number of hydrogen-bond donors (Lipinski definition) is 2. The van der Waals surface area contributed by atoms with Crippen LogP contribution < -0.4 is 5.73 Å². The van der Waals surface area contributed by atoms with Gasteiger partial charge in [0.15, 0.2) is 0 Å². The number of hydrogen-bond acceptors (Lipinski definition) is 2. The fraction of sp³-hybridized carbons (Fsp3) is 0.400. The zero-order valence-electron chi connectivity index (χ0n) is 8.51. The predicted octanol–water partition coefficient (Wildman–Crippen LogP) is 2.79. The van der Waals surface area contributed by atoms with Crippen molar-refractivity contribution in [2.75, 3.05) is 0 Å². The van der Waals surface area contributed by atoms with Crippen molar-refractivity contribution in [2.45, 2.75) is 24.7 Å². The Labute approximate surface area is 100.0 Å². The van der Waals surface area contributed by atoms with Crippen LogP contribution >= 0.6 is 11.6 Å². The number of benzene rings is 1. The number of aliphatic hydroxyl groups excluding tert-OH is 1. The Balaban J connectivity index is 2.87. The van der Waals surface area contributed by atoms with Gasteiger partial charge in [-0.3, -0.25) is 0 Å². The van der Waals surface area contributed by atoms with Gasteiger partial charge in [0, 0.05) is 17.0 Å². The van der Waals surface area contributed by atoms with Gasteiger partial charge >= 0.3 is 6.18 Å². The summed E-state index contributed by atoms with van der Waals surface area (Å²) >= 11 is 5.60. The molecular formula is C10H10ClF4NO. The monoisotopic (exact) mass is 271 g/mol. The summed E-state index contributed by atoms with van der Waals surface area (Å²) in [6.45, 7) is 0. The second-order valence-electron chi connectivity index (χ2n) is 3.53. The molecule has 0 aliphatic heterocycles. The Bertz CT molecular complexity index is 376. The van der Waals surface area contributed by atoms with E-state index in [4.69, 9.17) is 17.3 Å². The van der Waals surface area contributed by atoms with Crippen LogP contribution in [0, 0.1) is 5.82 Å². The van der Waals surface area contributed by atoms with Gasteiger partial charge < -0.3 is 10.8 Å². The van der Waals surface area contributed by atoms with Crippen molar-refractivity contribution in [3.8, 4) is 0 Å². The van der Waals surface area contributed by atoms with Crippen LogP contribution in [-0.4, -0.2) is 17.3 Å². The molecular weight excluding hydrogens is 262 g/mol. The Morgan fingerprint density at radius 3 is 2.41 bits per heavy atom. The maximum atomic E-state index is 13.3. The van der Waals surface area contributed by atoms with E-state index in [1.54, 1.807) is 0 Å². The lowest BCUT2D eigenvalue weighted by molar-refractivity contribution is -0.154. The molecule has 0 spiro atoms. The molecule has 0 amide bonds. The summed E-state index contributed by atoms with van der Waals surface area (Å²) in [7, 11) is 0. The number of halogens is 5. The molecule has 0 fully saturated rings. The zero-order valence-corrected chi connectivity index (χ0v) is 9.26. The van der Waals surface area contributed by atoms with E-state index in [0.717, 1.165) is 6.07 Å². The molecule has 2 atom stereocenters. The summed E-state index contributed by atoms with van der Waals surface area (Å²) in [5, 5.41) is 9.38. The zero-order chi connectivity index (χ0) is 13.2. The number of aliphatic hydroxyl groups is 1. The molecule has 3 N–H and O–H groups in total. The maximum absolute atomic E-state index is 13.3. The highest BCUT2D eigenvalue weighted by atomic mass is 35.5. The first-order valence-corrected chi connectivity index (χ1v) is 5.05. The smallest absolute Gasteiger partial charge is 0.388 e. The van der Waals surface area contributed by atoms with E-state index >= 15 is 0 Å². The molecule has 0 aliphatic rings. The maximum Gasteiger partial charge on any atom is 0.403 e. The SMILES string of the molecule is N[C@H](C[C@@H](O)c1c(F)cccc1Cl)C(F)(F)F. The average molecular weight is 272 g/mol. The first kappa shape index (κ1) is 14.2. The van der Waals surface area contributed by atoms with E-state index in [0.29, 0.717) is 0 Å². The first-order chi connectivity index (χ1) is 7.73. The number of rotatable bonds is 3. The summed E-state index contributed by atoms with van der Waals surface area (Å²) < 4.78 is 49.8. The van der Waals surface area contributed by atoms with Gasteiger partial charge in [0.05, 0.1) is 6.10 Å². The lowest BCUT2D eigenvalue weighted by Crippen LogP contribution is -2.38. The third kappa shape index (κ3) is 3.55. The highest BCUT2D eigenvalue weighted by Gasteiger charge is 2.38. The average Bonchev–Trinajstić information content (AvgIpc) is 2.15. The second-order valence-corrected chi connectivity index (χ2v) is 3.94. The molecule has 0 aromatic heterocycles. The van der Waals surface area contributed by atoms with Gasteiger partial charge in [-0.15, -0.1) is 0 Å². The van der Waals surface area contributed by atoms with Crippen LogP contribution in [-0.2, 0) is 0 Å².